The quantitative estimate of drug-likeness (QED) is 0.606. The summed E-state index contributed by atoms with van der Waals surface area (Å²) in [6.07, 6.45) is 4.83. The van der Waals surface area contributed by atoms with Crippen molar-refractivity contribution < 1.29 is 29.0 Å². The first-order chi connectivity index (χ1) is 13.6. The van der Waals surface area contributed by atoms with Gasteiger partial charge < -0.3 is 14.6 Å². The van der Waals surface area contributed by atoms with Crippen LogP contribution in [0.25, 0.3) is 6.08 Å². The molecule has 0 amide bonds. The van der Waals surface area contributed by atoms with Crippen LogP contribution in [0.1, 0.15) is 56.5 Å². The minimum Gasteiger partial charge on any atom is -0.504 e. The van der Waals surface area contributed by atoms with Gasteiger partial charge in [-0.1, -0.05) is 17.7 Å². The number of aromatic hydroxyl groups is 1. The zero-order valence-corrected chi connectivity index (χ0v) is 16.9. The molecule has 1 fully saturated rings. The van der Waals surface area contributed by atoms with Crippen molar-refractivity contribution in [2.45, 2.75) is 52.2 Å². The molecule has 29 heavy (non-hydrogen) atoms. The summed E-state index contributed by atoms with van der Waals surface area (Å²) in [6, 6.07) is 1.34. The molecule has 0 bridgehead atoms. The van der Waals surface area contributed by atoms with Crippen LogP contribution in [0.4, 0.5) is 0 Å². The van der Waals surface area contributed by atoms with E-state index in [2.05, 4.69) is 0 Å². The molecule has 152 valence electrons. The highest BCUT2D eigenvalue weighted by Crippen LogP contribution is 2.48. The predicted molar refractivity (Wildman–Crippen MR) is 106 cm³/mol. The lowest BCUT2D eigenvalue weighted by molar-refractivity contribution is -0.141. The highest BCUT2D eigenvalue weighted by atomic mass is 16.5. The van der Waals surface area contributed by atoms with Gasteiger partial charge in [0, 0.05) is 18.1 Å². The molecule has 1 aromatic rings. The molecule has 1 aromatic carbocycles. The number of fused-ring (bicyclic) bond motifs is 4. The zero-order valence-electron chi connectivity index (χ0n) is 16.9. The van der Waals surface area contributed by atoms with E-state index in [0.717, 1.165) is 5.57 Å². The van der Waals surface area contributed by atoms with E-state index in [1.165, 1.54) is 6.07 Å². The van der Waals surface area contributed by atoms with E-state index in [4.69, 9.17) is 9.47 Å². The molecule has 6 heteroatoms. The summed E-state index contributed by atoms with van der Waals surface area (Å²) < 4.78 is 11.7. The Morgan fingerprint density at radius 3 is 2.69 bits per heavy atom. The van der Waals surface area contributed by atoms with Gasteiger partial charge in [-0.15, -0.1) is 0 Å². The van der Waals surface area contributed by atoms with Crippen LogP contribution in [0.15, 0.2) is 23.8 Å². The third-order valence-electron chi connectivity index (χ3n) is 5.66. The molecule has 4 rings (SSSR count). The van der Waals surface area contributed by atoms with E-state index in [1.807, 2.05) is 33.8 Å². The molecule has 3 unspecified atom stereocenters. The fraction of sp³-hybridized carbons (Fsp3) is 0.435. The minimum absolute atomic E-state index is 0.0000717. The molecular formula is C23H24O6. The number of hydrogen-bond acceptors (Lipinski definition) is 6. The summed E-state index contributed by atoms with van der Waals surface area (Å²) in [5.41, 5.74) is 1.02. The second-order valence-electron chi connectivity index (χ2n) is 8.69. The Bertz CT molecular complexity index is 993. The number of allylic oxidation sites excluding steroid dienone is 2. The van der Waals surface area contributed by atoms with Gasteiger partial charge in [0.1, 0.15) is 29.2 Å². The van der Waals surface area contributed by atoms with Crippen LogP contribution < -0.4 is 9.47 Å². The van der Waals surface area contributed by atoms with E-state index in [0.29, 0.717) is 12.0 Å². The third kappa shape index (κ3) is 3.16. The summed E-state index contributed by atoms with van der Waals surface area (Å²) in [5, 5.41) is 10.4. The first-order valence-corrected chi connectivity index (χ1v) is 9.78. The van der Waals surface area contributed by atoms with Crippen LogP contribution in [0.5, 0.6) is 17.2 Å². The number of Topliss-reactive ketones (excluding diaryl/α,β-unsaturated/α-hetero) is 3. The molecule has 2 aliphatic heterocycles. The van der Waals surface area contributed by atoms with Gasteiger partial charge in [0.15, 0.2) is 23.1 Å². The molecule has 0 aromatic heterocycles. The second kappa shape index (κ2) is 6.58. The number of rotatable bonds is 2. The maximum Gasteiger partial charge on any atom is 0.181 e. The summed E-state index contributed by atoms with van der Waals surface area (Å²) in [4.78, 5) is 39.0. The number of ether oxygens (including phenoxy) is 2. The largest absolute Gasteiger partial charge is 0.504 e. The second-order valence-corrected chi connectivity index (χ2v) is 8.69. The number of ketones is 3. The number of carbonyl (C=O) groups is 3. The van der Waals surface area contributed by atoms with E-state index in [-0.39, 0.29) is 46.6 Å². The fourth-order valence-electron chi connectivity index (χ4n) is 4.19. The monoisotopic (exact) mass is 396 g/mol. The SMILES string of the molecule is CC(C)=CCC1C(=O)CC2Oc3cc(O)c4c(c3C(=O)C2C1=O)C=CC(C)(C)O4. The van der Waals surface area contributed by atoms with E-state index in [9.17, 15) is 19.5 Å². The summed E-state index contributed by atoms with van der Waals surface area (Å²) >= 11 is 0. The van der Waals surface area contributed by atoms with Gasteiger partial charge in [0.2, 0.25) is 0 Å². The van der Waals surface area contributed by atoms with Crippen molar-refractivity contribution >= 4 is 23.4 Å². The highest BCUT2D eigenvalue weighted by molar-refractivity contribution is 6.21. The highest BCUT2D eigenvalue weighted by Gasteiger charge is 2.51. The van der Waals surface area contributed by atoms with Crippen LogP contribution in [-0.4, -0.2) is 34.2 Å². The first-order valence-electron chi connectivity index (χ1n) is 9.78. The van der Waals surface area contributed by atoms with Gasteiger partial charge in [0.25, 0.3) is 0 Å². The number of phenolic OH excluding ortho intramolecular Hbond substituents is 1. The summed E-state index contributed by atoms with van der Waals surface area (Å²) in [6.45, 7) is 7.48. The lowest BCUT2D eigenvalue weighted by Crippen LogP contribution is -2.52. The molecule has 1 saturated carbocycles. The predicted octanol–water partition coefficient (Wildman–Crippen LogP) is 3.65. The lowest BCUT2D eigenvalue weighted by Gasteiger charge is -2.38. The first kappa shape index (κ1) is 19.4. The average Bonchev–Trinajstić information content (AvgIpc) is 2.60. The van der Waals surface area contributed by atoms with Gasteiger partial charge in [-0.05, 0) is 40.2 Å². The standard InChI is InChI=1S/C23H24O6/c1-11(2)5-6-12-14(24)9-17-19(20(12)26)21(27)18-13-7-8-23(3,4)29-22(13)15(25)10-16(18)28-17/h5,7-8,10,12,17,19,25H,6,9H2,1-4H3. The Balaban J connectivity index is 1.77. The molecule has 6 nitrogen and oxygen atoms in total. The van der Waals surface area contributed by atoms with Crippen LogP contribution in [0.2, 0.25) is 0 Å². The molecule has 0 spiro atoms. The maximum atomic E-state index is 13.4. The molecular weight excluding hydrogens is 372 g/mol. The van der Waals surface area contributed by atoms with Crippen molar-refractivity contribution in [2.75, 3.05) is 0 Å². The van der Waals surface area contributed by atoms with Crippen molar-refractivity contribution in [1.82, 2.24) is 0 Å². The zero-order chi connectivity index (χ0) is 21.1. The Morgan fingerprint density at radius 1 is 1.28 bits per heavy atom. The molecule has 3 atom stereocenters. The van der Waals surface area contributed by atoms with Crippen molar-refractivity contribution in [1.29, 1.82) is 0 Å². The Kier molecular flexibility index (Phi) is 4.41. The van der Waals surface area contributed by atoms with Crippen molar-refractivity contribution in [2.24, 2.45) is 11.8 Å². The Morgan fingerprint density at radius 2 is 2.00 bits per heavy atom. The lowest BCUT2D eigenvalue weighted by atomic mass is 9.71. The average molecular weight is 396 g/mol. The van der Waals surface area contributed by atoms with Crippen molar-refractivity contribution in [3.8, 4) is 17.2 Å². The third-order valence-corrected chi connectivity index (χ3v) is 5.66. The van der Waals surface area contributed by atoms with Crippen molar-refractivity contribution in [3.63, 3.8) is 0 Å². The van der Waals surface area contributed by atoms with E-state index in [1.54, 1.807) is 12.2 Å². The van der Waals surface area contributed by atoms with Crippen LogP contribution >= 0.6 is 0 Å². The molecule has 0 radical (unpaired) electrons. The normalized spacial score (nSPS) is 26.6. The van der Waals surface area contributed by atoms with E-state index < -0.39 is 23.5 Å². The fourth-order valence-corrected chi connectivity index (χ4v) is 4.19. The Labute approximate surface area is 169 Å². The molecule has 1 aliphatic carbocycles. The van der Waals surface area contributed by atoms with Crippen LogP contribution in [0.3, 0.4) is 0 Å². The molecule has 1 N–H and O–H groups in total. The van der Waals surface area contributed by atoms with Gasteiger partial charge >= 0.3 is 0 Å². The van der Waals surface area contributed by atoms with Gasteiger partial charge in [0.05, 0.1) is 11.5 Å². The molecule has 0 saturated heterocycles. The molecule has 2 heterocycles. The topological polar surface area (TPSA) is 89.9 Å². The smallest absolute Gasteiger partial charge is 0.181 e. The van der Waals surface area contributed by atoms with Gasteiger partial charge in [-0.3, -0.25) is 14.4 Å². The maximum absolute atomic E-state index is 13.4. The van der Waals surface area contributed by atoms with Crippen LogP contribution in [-0.2, 0) is 9.59 Å². The van der Waals surface area contributed by atoms with Gasteiger partial charge in [-0.2, -0.15) is 0 Å². The van der Waals surface area contributed by atoms with Crippen molar-refractivity contribution in [3.05, 3.63) is 34.9 Å². The minimum atomic E-state index is -1.02. The molecule has 3 aliphatic rings. The number of phenols is 1. The van der Waals surface area contributed by atoms with Crippen LogP contribution in [0, 0.1) is 11.8 Å². The number of benzene rings is 1. The number of hydrogen-bond donors (Lipinski definition) is 1. The Hall–Kier alpha value is -2.89. The number of carbonyl (C=O) groups excluding carboxylic acids is 3. The van der Waals surface area contributed by atoms with Gasteiger partial charge in [-0.25, -0.2) is 0 Å². The van der Waals surface area contributed by atoms with E-state index >= 15 is 0 Å². The summed E-state index contributed by atoms with van der Waals surface area (Å²) in [7, 11) is 0. The summed E-state index contributed by atoms with van der Waals surface area (Å²) in [5.74, 6) is -2.57.